The fraction of sp³-hybridized carbons (Fsp3) is 0.222. The van der Waals surface area contributed by atoms with Gasteiger partial charge in [-0.2, -0.15) is 0 Å². The lowest BCUT2D eigenvalue weighted by molar-refractivity contribution is -0.118. The Morgan fingerprint density at radius 3 is 2.42 bits per heavy atom. The minimum absolute atomic E-state index is 0.150. The van der Waals surface area contributed by atoms with Gasteiger partial charge in [0.25, 0.3) is 5.91 Å². The number of amides is 1. The molecule has 0 radical (unpaired) electrons. The molecule has 2 aromatic carbocycles. The van der Waals surface area contributed by atoms with Gasteiger partial charge < -0.3 is 14.8 Å². The lowest BCUT2D eigenvalue weighted by Gasteiger charge is -2.10. The van der Waals surface area contributed by atoms with Crippen molar-refractivity contribution in [2.45, 2.75) is 13.8 Å². The molecule has 2 rings (SSSR count). The van der Waals surface area contributed by atoms with E-state index in [-0.39, 0.29) is 12.5 Å². The maximum absolute atomic E-state index is 12.0. The monoisotopic (exact) mass is 347 g/mol. The third kappa shape index (κ3) is 4.49. The topological polar surface area (TPSA) is 64.6 Å². The number of carbonyl (C=O) groups excluding carboxylic acids is 2. The van der Waals surface area contributed by atoms with E-state index in [2.05, 4.69) is 10.1 Å². The minimum Gasteiger partial charge on any atom is -0.484 e. The van der Waals surface area contributed by atoms with Gasteiger partial charge >= 0.3 is 5.97 Å². The lowest BCUT2D eigenvalue weighted by atomic mass is 10.1. The van der Waals surface area contributed by atoms with E-state index < -0.39 is 5.97 Å². The van der Waals surface area contributed by atoms with Crippen molar-refractivity contribution in [2.75, 3.05) is 19.0 Å². The molecule has 0 aliphatic rings. The van der Waals surface area contributed by atoms with Gasteiger partial charge in [0.15, 0.2) is 6.61 Å². The summed E-state index contributed by atoms with van der Waals surface area (Å²) in [6.45, 7) is 3.60. The van der Waals surface area contributed by atoms with E-state index in [0.29, 0.717) is 22.0 Å². The van der Waals surface area contributed by atoms with Crippen LogP contribution in [0.25, 0.3) is 0 Å². The van der Waals surface area contributed by atoms with Gasteiger partial charge in [0.1, 0.15) is 5.75 Å². The number of anilines is 1. The zero-order chi connectivity index (χ0) is 17.7. The summed E-state index contributed by atoms with van der Waals surface area (Å²) in [6, 6.07) is 10.0. The first kappa shape index (κ1) is 17.8. The number of ether oxygens (including phenoxy) is 2. The lowest BCUT2D eigenvalue weighted by Crippen LogP contribution is -2.20. The molecule has 0 saturated carbocycles. The van der Waals surface area contributed by atoms with Crippen LogP contribution in [0.1, 0.15) is 21.5 Å². The molecule has 2 aromatic rings. The average Bonchev–Trinajstić information content (AvgIpc) is 2.57. The maximum Gasteiger partial charge on any atom is 0.337 e. The summed E-state index contributed by atoms with van der Waals surface area (Å²) in [4.78, 5) is 23.5. The number of hydrogen-bond donors (Lipinski definition) is 1. The molecule has 6 heteroatoms. The number of halogens is 1. The first-order valence-corrected chi connectivity index (χ1v) is 7.66. The largest absolute Gasteiger partial charge is 0.484 e. The standard InChI is InChI=1S/C18H18ClNO4/c1-11-7-15(8-12(2)17(11)19)24-10-16(21)20-14-6-4-5-13(9-14)18(22)23-3/h4-9H,10H2,1-3H3,(H,20,21). The second kappa shape index (κ2) is 7.84. The maximum atomic E-state index is 12.0. The van der Waals surface area contributed by atoms with Crippen molar-refractivity contribution in [3.05, 3.63) is 58.1 Å². The van der Waals surface area contributed by atoms with Gasteiger partial charge in [-0.3, -0.25) is 4.79 Å². The van der Waals surface area contributed by atoms with E-state index in [1.165, 1.54) is 7.11 Å². The van der Waals surface area contributed by atoms with E-state index in [1.807, 2.05) is 13.8 Å². The van der Waals surface area contributed by atoms with Crippen molar-refractivity contribution in [3.63, 3.8) is 0 Å². The third-order valence-corrected chi connectivity index (χ3v) is 3.94. The van der Waals surface area contributed by atoms with Gasteiger partial charge in [-0.15, -0.1) is 0 Å². The number of methoxy groups -OCH3 is 1. The smallest absolute Gasteiger partial charge is 0.337 e. The molecule has 0 aliphatic carbocycles. The number of aryl methyl sites for hydroxylation is 2. The second-order valence-corrected chi connectivity index (χ2v) is 5.66. The van der Waals surface area contributed by atoms with Crippen LogP contribution in [0.3, 0.4) is 0 Å². The van der Waals surface area contributed by atoms with Crippen LogP contribution >= 0.6 is 11.6 Å². The van der Waals surface area contributed by atoms with Crippen molar-refractivity contribution in [1.29, 1.82) is 0 Å². The highest BCUT2D eigenvalue weighted by molar-refractivity contribution is 6.32. The van der Waals surface area contributed by atoms with Gasteiger partial charge in [-0.1, -0.05) is 17.7 Å². The number of esters is 1. The average molecular weight is 348 g/mol. The Balaban J connectivity index is 1.98. The Morgan fingerprint density at radius 2 is 1.79 bits per heavy atom. The number of hydrogen-bond acceptors (Lipinski definition) is 4. The molecule has 0 fully saturated rings. The van der Waals surface area contributed by atoms with E-state index >= 15 is 0 Å². The minimum atomic E-state index is -0.463. The molecule has 0 aromatic heterocycles. The van der Waals surface area contributed by atoms with Crippen LogP contribution in [0, 0.1) is 13.8 Å². The number of nitrogens with one attached hydrogen (secondary N) is 1. The summed E-state index contributed by atoms with van der Waals surface area (Å²) in [6.07, 6.45) is 0. The van der Waals surface area contributed by atoms with Crippen molar-refractivity contribution in [1.82, 2.24) is 0 Å². The van der Waals surface area contributed by atoms with Crippen LogP contribution in [-0.2, 0) is 9.53 Å². The predicted octanol–water partition coefficient (Wildman–Crippen LogP) is 3.76. The van der Waals surface area contributed by atoms with Gasteiger partial charge in [-0.05, 0) is 55.3 Å². The Bertz CT molecular complexity index is 750. The third-order valence-electron chi connectivity index (χ3n) is 3.35. The zero-order valence-corrected chi connectivity index (χ0v) is 14.4. The molecule has 24 heavy (non-hydrogen) atoms. The highest BCUT2D eigenvalue weighted by Gasteiger charge is 2.09. The quantitative estimate of drug-likeness (QED) is 0.836. The summed E-state index contributed by atoms with van der Waals surface area (Å²) in [5.41, 5.74) is 2.63. The Labute approximate surface area is 145 Å². The van der Waals surface area contributed by atoms with Crippen LogP contribution in [0.5, 0.6) is 5.75 Å². The molecule has 0 heterocycles. The van der Waals surface area contributed by atoms with Crippen molar-refractivity contribution in [2.24, 2.45) is 0 Å². The highest BCUT2D eigenvalue weighted by atomic mass is 35.5. The normalized spacial score (nSPS) is 10.2. The first-order chi connectivity index (χ1) is 11.4. The molecule has 0 unspecified atom stereocenters. The Kier molecular flexibility index (Phi) is 5.82. The SMILES string of the molecule is COC(=O)c1cccc(NC(=O)COc2cc(C)c(Cl)c(C)c2)c1. The van der Waals surface area contributed by atoms with E-state index in [1.54, 1.807) is 36.4 Å². The number of benzene rings is 2. The molecular formula is C18H18ClNO4. The summed E-state index contributed by atoms with van der Waals surface area (Å²) in [5, 5.41) is 3.36. The molecule has 0 spiro atoms. The Morgan fingerprint density at radius 1 is 1.12 bits per heavy atom. The molecule has 1 amide bonds. The molecule has 1 N–H and O–H groups in total. The molecule has 0 bridgehead atoms. The van der Waals surface area contributed by atoms with Gasteiger partial charge in [0.05, 0.1) is 12.7 Å². The number of rotatable bonds is 5. The van der Waals surface area contributed by atoms with Crippen molar-refractivity contribution < 1.29 is 19.1 Å². The number of carbonyl (C=O) groups is 2. The Hall–Kier alpha value is -2.53. The zero-order valence-electron chi connectivity index (χ0n) is 13.7. The van der Waals surface area contributed by atoms with Crippen LogP contribution < -0.4 is 10.1 Å². The van der Waals surface area contributed by atoms with Crippen LogP contribution in [0.4, 0.5) is 5.69 Å². The molecule has 126 valence electrons. The summed E-state index contributed by atoms with van der Waals surface area (Å²) < 4.78 is 10.1. The van der Waals surface area contributed by atoms with Crippen molar-refractivity contribution >= 4 is 29.2 Å². The summed E-state index contributed by atoms with van der Waals surface area (Å²) in [5.74, 6) is -0.218. The molecule has 5 nitrogen and oxygen atoms in total. The fourth-order valence-corrected chi connectivity index (χ4v) is 2.29. The van der Waals surface area contributed by atoms with Gasteiger partial charge in [-0.25, -0.2) is 4.79 Å². The summed E-state index contributed by atoms with van der Waals surface area (Å²) >= 11 is 6.10. The highest BCUT2D eigenvalue weighted by Crippen LogP contribution is 2.25. The van der Waals surface area contributed by atoms with Crippen molar-refractivity contribution in [3.8, 4) is 5.75 Å². The molecular weight excluding hydrogens is 330 g/mol. The second-order valence-electron chi connectivity index (χ2n) is 5.28. The van der Waals surface area contributed by atoms with E-state index in [0.717, 1.165) is 11.1 Å². The van der Waals surface area contributed by atoms with E-state index in [4.69, 9.17) is 16.3 Å². The molecule has 0 atom stereocenters. The van der Waals surface area contributed by atoms with E-state index in [9.17, 15) is 9.59 Å². The van der Waals surface area contributed by atoms with Gasteiger partial charge in [0.2, 0.25) is 0 Å². The summed E-state index contributed by atoms with van der Waals surface area (Å²) in [7, 11) is 1.30. The molecule has 0 saturated heterocycles. The first-order valence-electron chi connectivity index (χ1n) is 7.28. The molecule has 0 aliphatic heterocycles. The van der Waals surface area contributed by atoms with Gasteiger partial charge in [0, 0.05) is 10.7 Å². The van der Waals surface area contributed by atoms with Crippen LogP contribution in [0.15, 0.2) is 36.4 Å². The van der Waals surface area contributed by atoms with Crippen LogP contribution in [0.2, 0.25) is 5.02 Å². The fourth-order valence-electron chi connectivity index (χ4n) is 2.18. The van der Waals surface area contributed by atoms with Crippen LogP contribution in [-0.4, -0.2) is 25.6 Å². The predicted molar refractivity (Wildman–Crippen MR) is 92.8 cm³/mol.